The van der Waals surface area contributed by atoms with Gasteiger partial charge in [-0.05, 0) is 36.8 Å². The average molecular weight is 490 g/mol. The van der Waals surface area contributed by atoms with Crippen LogP contribution in [-0.4, -0.2) is 29.2 Å². The van der Waals surface area contributed by atoms with E-state index in [0.29, 0.717) is 5.69 Å². The molecular formula is C26H23FN4O5. The smallest absolute Gasteiger partial charge is 0.306 e. The molecule has 0 bridgehead atoms. The van der Waals surface area contributed by atoms with Crippen LogP contribution in [0.2, 0.25) is 0 Å². The topological polar surface area (TPSA) is 122 Å². The largest absolute Gasteiger partial charge is 0.345 e. The average Bonchev–Trinajstić information content (AvgIpc) is 3.26. The number of benzene rings is 3. The Bertz CT molecular complexity index is 1330. The summed E-state index contributed by atoms with van der Waals surface area (Å²) in [6.07, 6.45) is -0.129. The fourth-order valence-corrected chi connectivity index (χ4v) is 4.07. The molecule has 0 aliphatic carbocycles. The first-order chi connectivity index (χ1) is 17.2. The summed E-state index contributed by atoms with van der Waals surface area (Å²) < 4.78 is 13.7. The van der Waals surface area contributed by atoms with Gasteiger partial charge in [0.05, 0.1) is 33.8 Å². The van der Waals surface area contributed by atoms with E-state index in [4.69, 9.17) is 0 Å². The lowest BCUT2D eigenvalue weighted by Gasteiger charge is -2.18. The molecule has 10 heteroatoms. The number of para-hydroxylation sites is 1. The van der Waals surface area contributed by atoms with E-state index in [-0.39, 0.29) is 36.2 Å². The molecule has 0 saturated carbocycles. The Labute approximate surface area is 206 Å². The normalized spacial score (nSPS) is 15.9. The van der Waals surface area contributed by atoms with Crippen LogP contribution in [0.5, 0.6) is 0 Å². The van der Waals surface area contributed by atoms with Crippen molar-refractivity contribution in [1.29, 1.82) is 0 Å². The Hall–Kier alpha value is -4.60. The molecule has 1 fully saturated rings. The first kappa shape index (κ1) is 24.5. The second-order valence-electron chi connectivity index (χ2n) is 8.44. The van der Waals surface area contributed by atoms with Gasteiger partial charge in [-0.1, -0.05) is 42.5 Å². The van der Waals surface area contributed by atoms with Crippen molar-refractivity contribution in [3.05, 3.63) is 99.9 Å². The number of nitro groups is 1. The van der Waals surface area contributed by atoms with Crippen LogP contribution < -0.4 is 15.5 Å². The first-order valence-corrected chi connectivity index (χ1v) is 11.2. The summed E-state index contributed by atoms with van der Waals surface area (Å²) in [6, 6.07) is 18.9. The van der Waals surface area contributed by atoms with Gasteiger partial charge >= 0.3 is 5.69 Å². The Kier molecular flexibility index (Phi) is 7.05. The standard InChI is InChI=1S/C26H23FN4O5/c1-16(17-7-3-2-4-8-17)28-26(34)20-9-5-6-10-22(20)29-25(33)18-13-24(32)30(15-18)19-11-12-21(27)23(14-19)31(35)36/h2-12,14,16,18H,13,15H2,1H3,(H,28,34)(H,29,33)/t16-,18-/m0/s1. The third-order valence-electron chi connectivity index (χ3n) is 6.01. The number of carbonyl (C=O) groups excluding carboxylic acids is 3. The lowest BCUT2D eigenvalue weighted by Crippen LogP contribution is -2.30. The summed E-state index contributed by atoms with van der Waals surface area (Å²) in [6.45, 7) is 1.82. The Morgan fingerprint density at radius 3 is 2.50 bits per heavy atom. The number of nitrogens with one attached hydrogen (secondary N) is 2. The molecule has 4 rings (SSSR count). The van der Waals surface area contributed by atoms with E-state index in [9.17, 15) is 28.9 Å². The van der Waals surface area contributed by atoms with Crippen molar-refractivity contribution in [2.45, 2.75) is 19.4 Å². The summed E-state index contributed by atoms with van der Waals surface area (Å²) >= 11 is 0. The lowest BCUT2D eigenvalue weighted by atomic mass is 10.1. The van der Waals surface area contributed by atoms with Crippen LogP contribution in [0.25, 0.3) is 0 Å². The molecule has 184 valence electrons. The van der Waals surface area contributed by atoms with Crippen LogP contribution >= 0.6 is 0 Å². The van der Waals surface area contributed by atoms with Crippen molar-refractivity contribution >= 4 is 34.8 Å². The van der Waals surface area contributed by atoms with Gasteiger partial charge in [0.2, 0.25) is 17.6 Å². The van der Waals surface area contributed by atoms with E-state index in [2.05, 4.69) is 10.6 Å². The third kappa shape index (κ3) is 5.22. The predicted molar refractivity (Wildman–Crippen MR) is 131 cm³/mol. The molecule has 1 aliphatic rings. The van der Waals surface area contributed by atoms with Crippen LogP contribution in [0.4, 0.5) is 21.5 Å². The van der Waals surface area contributed by atoms with Crippen molar-refractivity contribution in [2.75, 3.05) is 16.8 Å². The summed E-state index contributed by atoms with van der Waals surface area (Å²) in [5.74, 6) is -3.04. The second-order valence-corrected chi connectivity index (χ2v) is 8.44. The molecule has 1 aliphatic heterocycles. The highest BCUT2D eigenvalue weighted by Gasteiger charge is 2.36. The van der Waals surface area contributed by atoms with Crippen molar-refractivity contribution in [1.82, 2.24) is 5.32 Å². The molecule has 3 aromatic rings. The number of hydrogen-bond donors (Lipinski definition) is 2. The molecule has 0 spiro atoms. The van der Waals surface area contributed by atoms with Gasteiger partial charge in [-0.3, -0.25) is 24.5 Å². The van der Waals surface area contributed by atoms with Gasteiger partial charge in [-0.15, -0.1) is 0 Å². The number of amides is 3. The number of nitrogens with zero attached hydrogens (tertiary/aromatic N) is 2. The van der Waals surface area contributed by atoms with Gasteiger partial charge in [0.1, 0.15) is 0 Å². The van der Waals surface area contributed by atoms with Crippen molar-refractivity contribution in [2.24, 2.45) is 5.92 Å². The molecule has 3 aromatic carbocycles. The van der Waals surface area contributed by atoms with Gasteiger partial charge in [0.15, 0.2) is 0 Å². The molecule has 0 unspecified atom stereocenters. The van der Waals surface area contributed by atoms with Crippen molar-refractivity contribution in [3.8, 4) is 0 Å². The Morgan fingerprint density at radius 2 is 1.78 bits per heavy atom. The molecular weight excluding hydrogens is 467 g/mol. The van der Waals surface area contributed by atoms with Gasteiger partial charge in [-0.25, -0.2) is 0 Å². The Balaban J connectivity index is 1.46. The summed E-state index contributed by atoms with van der Waals surface area (Å²) in [4.78, 5) is 49.9. The van der Waals surface area contributed by atoms with E-state index in [1.165, 1.54) is 11.0 Å². The number of carbonyl (C=O) groups is 3. The number of nitro benzene ring substituents is 1. The maximum atomic E-state index is 13.7. The first-order valence-electron chi connectivity index (χ1n) is 11.2. The molecule has 0 aromatic heterocycles. The quantitative estimate of drug-likeness (QED) is 0.379. The molecule has 36 heavy (non-hydrogen) atoms. The maximum Gasteiger partial charge on any atom is 0.306 e. The fraction of sp³-hybridized carbons (Fsp3) is 0.192. The lowest BCUT2D eigenvalue weighted by molar-refractivity contribution is -0.387. The minimum atomic E-state index is -1.01. The van der Waals surface area contributed by atoms with Crippen LogP contribution in [0, 0.1) is 21.8 Å². The van der Waals surface area contributed by atoms with E-state index in [1.54, 1.807) is 24.3 Å². The van der Waals surface area contributed by atoms with E-state index in [0.717, 1.165) is 17.7 Å². The SMILES string of the molecule is C[C@H](NC(=O)c1ccccc1NC(=O)[C@H]1CC(=O)N(c2ccc(F)c([N+](=O)[O-])c2)C1)c1ccccc1. The number of halogens is 1. The summed E-state index contributed by atoms with van der Waals surface area (Å²) in [5.41, 5.74) is 0.876. The highest BCUT2D eigenvalue weighted by molar-refractivity contribution is 6.07. The summed E-state index contributed by atoms with van der Waals surface area (Å²) in [7, 11) is 0. The predicted octanol–water partition coefficient (Wildman–Crippen LogP) is 4.22. The van der Waals surface area contributed by atoms with Crippen LogP contribution in [0.15, 0.2) is 72.8 Å². The van der Waals surface area contributed by atoms with Crippen LogP contribution in [-0.2, 0) is 9.59 Å². The number of rotatable bonds is 7. The molecule has 2 N–H and O–H groups in total. The third-order valence-corrected chi connectivity index (χ3v) is 6.01. The zero-order valence-electron chi connectivity index (χ0n) is 19.3. The zero-order chi connectivity index (χ0) is 25.8. The molecule has 3 amide bonds. The fourth-order valence-electron chi connectivity index (χ4n) is 4.07. The monoisotopic (exact) mass is 490 g/mol. The summed E-state index contributed by atoms with van der Waals surface area (Å²) in [5, 5.41) is 16.7. The van der Waals surface area contributed by atoms with Crippen LogP contribution in [0.3, 0.4) is 0 Å². The Morgan fingerprint density at radius 1 is 1.08 bits per heavy atom. The highest BCUT2D eigenvalue weighted by Crippen LogP contribution is 2.30. The maximum absolute atomic E-state index is 13.7. The second kappa shape index (κ2) is 10.3. The van der Waals surface area contributed by atoms with Gasteiger partial charge in [-0.2, -0.15) is 4.39 Å². The van der Waals surface area contributed by atoms with Gasteiger partial charge in [0, 0.05) is 19.0 Å². The minimum absolute atomic E-state index is 0.0349. The van der Waals surface area contributed by atoms with Crippen molar-refractivity contribution in [3.63, 3.8) is 0 Å². The number of anilines is 2. The van der Waals surface area contributed by atoms with Crippen molar-refractivity contribution < 1.29 is 23.7 Å². The molecule has 2 atom stereocenters. The van der Waals surface area contributed by atoms with Gasteiger partial charge in [0.25, 0.3) is 5.91 Å². The molecule has 9 nitrogen and oxygen atoms in total. The minimum Gasteiger partial charge on any atom is -0.345 e. The molecule has 1 heterocycles. The van der Waals surface area contributed by atoms with E-state index >= 15 is 0 Å². The van der Waals surface area contributed by atoms with E-state index in [1.807, 2.05) is 37.3 Å². The zero-order valence-corrected chi connectivity index (χ0v) is 19.3. The highest BCUT2D eigenvalue weighted by atomic mass is 19.1. The molecule has 0 radical (unpaired) electrons. The van der Waals surface area contributed by atoms with Gasteiger partial charge < -0.3 is 15.5 Å². The van der Waals surface area contributed by atoms with E-state index < -0.39 is 34.2 Å². The van der Waals surface area contributed by atoms with Crippen LogP contribution in [0.1, 0.15) is 35.3 Å². The molecule has 1 saturated heterocycles. The number of hydrogen-bond acceptors (Lipinski definition) is 5.